The minimum atomic E-state index is -0.267. The monoisotopic (exact) mass is 256 g/mol. The number of nitrogens with two attached hydrogens (primary N) is 1. The van der Waals surface area contributed by atoms with Gasteiger partial charge in [-0.15, -0.1) is 0 Å². The fourth-order valence-electron chi connectivity index (χ4n) is 2.59. The van der Waals surface area contributed by atoms with Gasteiger partial charge in [-0.05, 0) is 25.7 Å². The molecule has 0 spiro atoms. The molecule has 1 saturated heterocycles. The summed E-state index contributed by atoms with van der Waals surface area (Å²) in [6.07, 6.45) is 6.42. The van der Waals surface area contributed by atoms with E-state index in [2.05, 4.69) is 6.92 Å². The summed E-state index contributed by atoms with van der Waals surface area (Å²) in [5, 5.41) is 0. The molecule has 3 nitrogen and oxygen atoms in total. The summed E-state index contributed by atoms with van der Waals surface area (Å²) in [7, 11) is 0. The van der Waals surface area contributed by atoms with E-state index in [9.17, 15) is 4.79 Å². The zero-order valence-corrected chi connectivity index (χ0v) is 11.8. The first-order valence-electron chi connectivity index (χ1n) is 6.71. The van der Waals surface area contributed by atoms with Crippen LogP contribution in [0, 0.1) is 5.92 Å². The van der Waals surface area contributed by atoms with Crippen molar-refractivity contribution >= 4 is 23.1 Å². The van der Waals surface area contributed by atoms with Crippen LogP contribution in [0.2, 0.25) is 0 Å². The number of likely N-dealkylation sites (tertiary alicyclic amines) is 1. The van der Waals surface area contributed by atoms with Gasteiger partial charge in [0.2, 0.25) is 5.91 Å². The highest BCUT2D eigenvalue weighted by atomic mass is 32.1. The van der Waals surface area contributed by atoms with Gasteiger partial charge in [0, 0.05) is 12.6 Å². The van der Waals surface area contributed by atoms with Crippen LogP contribution in [0.15, 0.2) is 0 Å². The number of nitrogens with zero attached hydrogens (tertiary/aromatic N) is 1. The summed E-state index contributed by atoms with van der Waals surface area (Å²) in [5.74, 6) is -0.120. The predicted octanol–water partition coefficient (Wildman–Crippen LogP) is 2.48. The van der Waals surface area contributed by atoms with E-state index in [-0.39, 0.29) is 11.8 Å². The molecule has 1 amide bonds. The molecule has 0 aromatic heterocycles. The van der Waals surface area contributed by atoms with Crippen molar-refractivity contribution in [1.82, 2.24) is 4.90 Å². The minimum Gasteiger partial charge on any atom is -0.393 e. The van der Waals surface area contributed by atoms with Gasteiger partial charge in [-0.3, -0.25) is 4.79 Å². The molecular weight excluding hydrogens is 232 g/mol. The van der Waals surface area contributed by atoms with Gasteiger partial charge < -0.3 is 10.6 Å². The van der Waals surface area contributed by atoms with E-state index in [1.807, 2.05) is 11.8 Å². The lowest BCUT2D eigenvalue weighted by Crippen LogP contribution is -2.46. The Morgan fingerprint density at radius 1 is 1.41 bits per heavy atom. The number of hydrogen-bond acceptors (Lipinski definition) is 2. The van der Waals surface area contributed by atoms with E-state index in [0.29, 0.717) is 17.5 Å². The average Bonchev–Trinajstić information content (AvgIpc) is 2.53. The lowest BCUT2D eigenvalue weighted by Gasteiger charge is -2.32. The van der Waals surface area contributed by atoms with E-state index in [1.54, 1.807) is 0 Å². The Morgan fingerprint density at radius 3 is 2.65 bits per heavy atom. The van der Waals surface area contributed by atoms with Crippen molar-refractivity contribution in [3.8, 4) is 0 Å². The molecule has 1 rings (SSSR count). The van der Waals surface area contributed by atoms with Crippen molar-refractivity contribution in [2.75, 3.05) is 6.54 Å². The summed E-state index contributed by atoms with van der Waals surface area (Å²) in [5.41, 5.74) is 5.66. The fraction of sp³-hybridized carbons (Fsp3) is 0.846. The third-order valence-corrected chi connectivity index (χ3v) is 3.97. The number of thiocarbonyl (C=S) groups is 1. The van der Waals surface area contributed by atoms with Crippen molar-refractivity contribution in [3.63, 3.8) is 0 Å². The third kappa shape index (κ3) is 3.66. The molecule has 0 aliphatic carbocycles. The van der Waals surface area contributed by atoms with Crippen LogP contribution < -0.4 is 5.73 Å². The second-order valence-electron chi connectivity index (χ2n) is 4.81. The van der Waals surface area contributed by atoms with Crippen LogP contribution in [0.25, 0.3) is 0 Å². The highest BCUT2D eigenvalue weighted by Crippen LogP contribution is 2.22. The van der Waals surface area contributed by atoms with Gasteiger partial charge in [0.1, 0.15) is 0 Å². The molecule has 2 N–H and O–H groups in total. The third-order valence-electron chi connectivity index (χ3n) is 3.68. The summed E-state index contributed by atoms with van der Waals surface area (Å²) in [6, 6.07) is 0.383. The van der Waals surface area contributed by atoms with Crippen molar-refractivity contribution in [2.24, 2.45) is 11.7 Å². The topological polar surface area (TPSA) is 46.3 Å². The van der Waals surface area contributed by atoms with Gasteiger partial charge in [0.25, 0.3) is 0 Å². The standard InChI is InChI=1S/C13H24N2OS/c1-3-10-8-6-5-7-9-15(10)13(16)11(4-2)12(14)17/h10-11H,3-9H2,1-2H3,(H2,14,17). The predicted molar refractivity (Wildman–Crippen MR) is 74.8 cm³/mol. The van der Waals surface area contributed by atoms with Crippen LogP contribution >= 0.6 is 12.2 Å². The molecule has 1 heterocycles. The Kier molecular flexibility index (Phi) is 5.89. The molecule has 98 valence electrons. The summed E-state index contributed by atoms with van der Waals surface area (Å²) < 4.78 is 0. The summed E-state index contributed by atoms with van der Waals surface area (Å²) >= 11 is 5.00. The number of carbonyl (C=O) groups is 1. The number of carbonyl (C=O) groups excluding carboxylic acids is 1. The molecular formula is C13H24N2OS. The first-order chi connectivity index (χ1) is 8.11. The Labute approximate surface area is 110 Å². The summed E-state index contributed by atoms with van der Waals surface area (Å²) in [4.78, 5) is 14.8. The van der Waals surface area contributed by atoms with Gasteiger partial charge in [0.05, 0.1) is 10.9 Å². The van der Waals surface area contributed by atoms with E-state index in [4.69, 9.17) is 18.0 Å². The van der Waals surface area contributed by atoms with Crippen molar-refractivity contribution in [2.45, 2.75) is 58.4 Å². The lowest BCUT2D eigenvalue weighted by atomic mass is 10.0. The largest absolute Gasteiger partial charge is 0.393 e. The first-order valence-corrected chi connectivity index (χ1v) is 7.12. The number of rotatable bonds is 4. The van der Waals surface area contributed by atoms with E-state index in [1.165, 1.54) is 12.8 Å². The van der Waals surface area contributed by atoms with Gasteiger partial charge in [-0.2, -0.15) is 0 Å². The Morgan fingerprint density at radius 2 is 2.12 bits per heavy atom. The van der Waals surface area contributed by atoms with Crippen molar-refractivity contribution in [1.29, 1.82) is 0 Å². The fourth-order valence-corrected chi connectivity index (χ4v) is 2.86. The van der Waals surface area contributed by atoms with E-state index < -0.39 is 0 Å². The van der Waals surface area contributed by atoms with Gasteiger partial charge >= 0.3 is 0 Å². The van der Waals surface area contributed by atoms with Crippen molar-refractivity contribution < 1.29 is 4.79 Å². The zero-order chi connectivity index (χ0) is 12.8. The highest BCUT2D eigenvalue weighted by Gasteiger charge is 2.30. The molecule has 0 saturated carbocycles. The highest BCUT2D eigenvalue weighted by molar-refractivity contribution is 7.80. The summed E-state index contributed by atoms with van der Waals surface area (Å²) in [6.45, 7) is 4.99. The molecule has 2 unspecified atom stereocenters. The van der Waals surface area contributed by atoms with Gasteiger partial charge in [0.15, 0.2) is 0 Å². The maximum atomic E-state index is 12.5. The molecule has 0 aromatic rings. The minimum absolute atomic E-state index is 0.147. The SMILES string of the molecule is CCC(C(=O)N1CCCCCC1CC)C(N)=S. The molecule has 0 aromatic carbocycles. The van der Waals surface area contributed by atoms with Crippen LogP contribution in [0.4, 0.5) is 0 Å². The molecule has 2 atom stereocenters. The molecule has 4 heteroatoms. The molecule has 17 heavy (non-hydrogen) atoms. The second kappa shape index (κ2) is 6.94. The quantitative estimate of drug-likeness (QED) is 0.786. The molecule has 1 aliphatic rings. The van der Waals surface area contributed by atoms with E-state index >= 15 is 0 Å². The molecule has 1 aliphatic heterocycles. The Hall–Kier alpha value is -0.640. The Bertz CT molecular complexity index is 281. The Balaban J connectivity index is 2.78. The molecule has 0 bridgehead atoms. The second-order valence-corrected chi connectivity index (χ2v) is 5.28. The first kappa shape index (κ1) is 14.4. The lowest BCUT2D eigenvalue weighted by molar-refractivity contribution is -0.135. The average molecular weight is 256 g/mol. The van der Waals surface area contributed by atoms with Crippen LogP contribution in [0.5, 0.6) is 0 Å². The van der Waals surface area contributed by atoms with Crippen LogP contribution in [0.3, 0.4) is 0 Å². The van der Waals surface area contributed by atoms with Crippen LogP contribution in [0.1, 0.15) is 52.4 Å². The number of amides is 1. The zero-order valence-electron chi connectivity index (χ0n) is 10.9. The normalized spacial score (nSPS) is 22.9. The van der Waals surface area contributed by atoms with Gasteiger partial charge in [-0.25, -0.2) is 0 Å². The molecule has 0 radical (unpaired) electrons. The van der Waals surface area contributed by atoms with Crippen LogP contribution in [-0.2, 0) is 4.79 Å². The molecule has 1 fully saturated rings. The van der Waals surface area contributed by atoms with Gasteiger partial charge in [-0.1, -0.05) is 38.9 Å². The smallest absolute Gasteiger partial charge is 0.232 e. The van der Waals surface area contributed by atoms with E-state index in [0.717, 1.165) is 25.8 Å². The maximum Gasteiger partial charge on any atom is 0.232 e. The maximum absolute atomic E-state index is 12.5. The van der Waals surface area contributed by atoms with Crippen molar-refractivity contribution in [3.05, 3.63) is 0 Å². The number of hydrogen-bond donors (Lipinski definition) is 1. The van der Waals surface area contributed by atoms with Crippen LogP contribution in [-0.4, -0.2) is 28.4 Å².